The van der Waals surface area contributed by atoms with E-state index in [0.29, 0.717) is 22.4 Å². The van der Waals surface area contributed by atoms with Gasteiger partial charge in [0.15, 0.2) is 17.3 Å². The summed E-state index contributed by atoms with van der Waals surface area (Å²) in [5.41, 5.74) is 7.88. The van der Waals surface area contributed by atoms with Gasteiger partial charge in [-0.25, -0.2) is 18.3 Å². The van der Waals surface area contributed by atoms with Crippen LogP contribution in [0.5, 0.6) is 0 Å². The number of nitrogens with two attached hydrogens (primary N) is 1. The lowest BCUT2D eigenvalue weighted by Gasteiger charge is -2.12. The van der Waals surface area contributed by atoms with Crippen molar-refractivity contribution in [3.05, 3.63) is 71.4 Å². The predicted octanol–water partition coefficient (Wildman–Crippen LogP) is 5.60. The Balaban J connectivity index is 1.80. The van der Waals surface area contributed by atoms with Crippen molar-refractivity contribution in [2.75, 3.05) is 11.9 Å². The second kappa shape index (κ2) is 9.53. The average Bonchev–Trinajstić information content (AvgIpc) is 3.20. The van der Waals surface area contributed by atoms with E-state index in [9.17, 15) is 26.7 Å². The number of alkyl halides is 3. The van der Waals surface area contributed by atoms with Crippen molar-refractivity contribution in [3.63, 3.8) is 0 Å². The second-order valence-corrected chi connectivity index (χ2v) is 8.68. The number of primary amides is 1. The van der Waals surface area contributed by atoms with Gasteiger partial charge in [-0.2, -0.15) is 18.3 Å². The molecule has 0 radical (unpaired) electrons. The summed E-state index contributed by atoms with van der Waals surface area (Å²) in [6.07, 6.45) is -3.96. The van der Waals surface area contributed by atoms with Crippen LogP contribution in [-0.2, 0) is 0 Å². The maximum absolute atomic E-state index is 14.2. The summed E-state index contributed by atoms with van der Waals surface area (Å²) < 4.78 is 67.4. The highest BCUT2D eigenvalue weighted by molar-refractivity contribution is 7.99. The van der Waals surface area contributed by atoms with Crippen molar-refractivity contribution < 1.29 is 26.7 Å². The molecule has 0 unspecified atom stereocenters. The van der Waals surface area contributed by atoms with E-state index in [1.54, 1.807) is 25.1 Å². The predicted molar refractivity (Wildman–Crippen MR) is 121 cm³/mol. The van der Waals surface area contributed by atoms with Gasteiger partial charge in [0.1, 0.15) is 5.03 Å². The Morgan fingerprint density at radius 3 is 2.63 bits per heavy atom. The van der Waals surface area contributed by atoms with Crippen molar-refractivity contribution in [3.8, 4) is 11.3 Å². The van der Waals surface area contributed by atoms with E-state index in [1.165, 1.54) is 28.9 Å². The molecule has 0 saturated carbocycles. The number of hydrogen-bond acceptors (Lipinski definition) is 5. The van der Waals surface area contributed by atoms with E-state index in [4.69, 9.17) is 5.73 Å². The number of halogens is 5. The number of carbonyl (C=O) groups excluding carboxylic acids is 1. The van der Waals surface area contributed by atoms with Gasteiger partial charge in [-0.3, -0.25) is 4.79 Å². The van der Waals surface area contributed by atoms with Gasteiger partial charge in [-0.05, 0) is 42.8 Å². The topological polar surface area (TPSA) is 85.3 Å². The highest BCUT2D eigenvalue weighted by atomic mass is 32.2. The lowest BCUT2D eigenvalue weighted by Crippen LogP contribution is -2.15. The molecule has 182 valence electrons. The minimum Gasteiger partial charge on any atom is -0.382 e. The van der Waals surface area contributed by atoms with Crippen molar-refractivity contribution in [1.29, 1.82) is 0 Å². The van der Waals surface area contributed by atoms with E-state index >= 15 is 0 Å². The highest BCUT2D eigenvalue weighted by Crippen LogP contribution is 2.34. The summed E-state index contributed by atoms with van der Waals surface area (Å²) in [4.78, 5) is 15.8. The third-order valence-corrected chi connectivity index (χ3v) is 6.03. The number of aromatic nitrogens is 3. The van der Waals surface area contributed by atoms with Crippen molar-refractivity contribution in [1.82, 2.24) is 14.6 Å². The van der Waals surface area contributed by atoms with Crippen LogP contribution in [0.4, 0.5) is 27.6 Å². The molecule has 2 aromatic carbocycles. The first-order valence-electron chi connectivity index (χ1n) is 10.3. The number of nitrogens with one attached hydrogen (secondary N) is 1. The minimum absolute atomic E-state index is 0.0404. The zero-order valence-corrected chi connectivity index (χ0v) is 19.0. The van der Waals surface area contributed by atoms with Crippen LogP contribution in [0, 0.1) is 18.6 Å². The molecule has 0 fully saturated rings. The lowest BCUT2D eigenvalue weighted by molar-refractivity contribution is -0.131. The summed E-state index contributed by atoms with van der Waals surface area (Å²) in [7, 11) is 0. The fourth-order valence-corrected chi connectivity index (χ4v) is 4.29. The van der Waals surface area contributed by atoms with Crippen LogP contribution in [0.15, 0.2) is 58.6 Å². The van der Waals surface area contributed by atoms with Gasteiger partial charge in [0, 0.05) is 17.7 Å². The Kier molecular flexibility index (Phi) is 6.66. The maximum Gasteiger partial charge on any atom is 0.390 e. The van der Waals surface area contributed by atoms with E-state index in [0.717, 1.165) is 17.8 Å². The monoisotopic (exact) mass is 507 g/mol. The first-order valence-corrected chi connectivity index (χ1v) is 11.1. The first kappa shape index (κ1) is 24.5. The molecule has 0 aliphatic rings. The molecule has 3 N–H and O–H groups in total. The standard InChI is InChI=1S/C23H18F5N5OS/c1-12-9-13(5-6-14(12)21(29)34)17-11-31-22-16(30-8-7-23(26,27)28)10-19(32-33(17)22)35-18-4-2-3-15(24)20(18)25/h2-6,9-11,30H,7-8H2,1H3,(H2,29,34). The van der Waals surface area contributed by atoms with Crippen molar-refractivity contribution >= 4 is 29.0 Å². The molecule has 35 heavy (non-hydrogen) atoms. The van der Waals surface area contributed by atoms with E-state index in [1.807, 2.05) is 0 Å². The molecule has 0 bridgehead atoms. The number of fused-ring (bicyclic) bond motifs is 1. The van der Waals surface area contributed by atoms with Gasteiger partial charge >= 0.3 is 6.18 Å². The largest absolute Gasteiger partial charge is 0.390 e. The molecule has 4 aromatic rings. The fourth-order valence-electron chi connectivity index (χ4n) is 3.44. The van der Waals surface area contributed by atoms with Crippen LogP contribution < -0.4 is 11.1 Å². The number of rotatable bonds is 7. The van der Waals surface area contributed by atoms with Gasteiger partial charge in [0.2, 0.25) is 5.91 Å². The average molecular weight is 507 g/mol. The molecule has 2 heterocycles. The molecular formula is C23H18F5N5OS. The van der Waals surface area contributed by atoms with Gasteiger partial charge in [-0.1, -0.05) is 23.9 Å². The number of amides is 1. The molecule has 0 atom stereocenters. The number of benzene rings is 2. The molecule has 6 nitrogen and oxygen atoms in total. The normalized spacial score (nSPS) is 11.7. The Morgan fingerprint density at radius 1 is 1.17 bits per heavy atom. The summed E-state index contributed by atoms with van der Waals surface area (Å²) >= 11 is 0.815. The van der Waals surface area contributed by atoms with Gasteiger partial charge in [0.05, 0.1) is 28.9 Å². The van der Waals surface area contributed by atoms with Crippen LogP contribution in [0.2, 0.25) is 0 Å². The van der Waals surface area contributed by atoms with Gasteiger partial charge < -0.3 is 11.1 Å². The SMILES string of the molecule is Cc1cc(-c2cnc3c(NCCC(F)(F)F)cc(Sc4cccc(F)c4F)nn23)ccc1C(N)=O. The van der Waals surface area contributed by atoms with Crippen molar-refractivity contribution in [2.24, 2.45) is 5.73 Å². The number of aryl methyl sites for hydroxylation is 1. The Labute approximate surface area is 200 Å². The minimum atomic E-state index is -4.36. The highest BCUT2D eigenvalue weighted by Gasteiger charge is 2.26. The molecule has 0 spiro atoms. The van der Waals surface area contributed by atoms with Crippen LogP contribution in [0.3, 0.4) is 0 Å². The number of imidazole rings is 1. The Hall–Kier alpha value is -3.67. The second-order valence-electron chi connectivity index (χ2n) is 7.62. The molecule has 0 aliphatic heterocycles. The molecular weight excluding hydrogens is 489 g/mol. The molecule has 2 aromatic heterocycles. The maximum atomic E-state index is 14.2. The quantitative estimate of drug-likeness (QED) is 0.318. The number of nitrogens with zero attached hydrogens (tertiary/aromatic N) is 3. The molecule has 1 amide bonds. The van der Waals surface area contributed by atoms with Crippen LogP contribution in [0.25, 0.3) is 16.9 Å². The first-order chi connectivity index (χ1) is 16.5. The van der Waals surface area contributed by atoms with Gasteiger partial charge in [0.25, 0.3) is 0 Å². The summed E-state index contributed by atoms with van der Waals surface area (Å²) in [5.74, 6) is -2.68. The number of anilines is 1. The van der Waals surface area contributed by atoms with E-state index in [-0.39, 0.29) is 21.3 Å². The van der Waals surface area contributed by atoms with E-state index < -0.39 is 36.7 Å². The summed E-state index contributed by atoms with van der Waals surface area (Å²) in [6, 6.07) is 10.0. The zero-order chi connectivity index (χ0) is 25.3. The lowest BCUT2D eigenvalue weighted by atomic mass is 10.0. The van der Waals surface area contributed by atoms with Crippen LogP contribution >= 0.6 is 11.8 Å². The fraction of sp³-hybridized carbons (Fsp3) is 0.174. The number of carbonyl (C=O) groups is 1. The summed E-state index contributed by atoms with van der Waals surface area (Å²) in [6.45, 7) is 1.29. The number of hydrogen-bond donors (Lipinski definition) is 2. The Bertz CT molecular complexity index is 1420. The van der Waals surface area contributed by atoms with Gasteiger partial charge in [-0.15, -0.1) is 0 Å². The smallest absolute Gasteiger partial charge is 0.382 e. The molecule has 4 rings (SSSR count). The summed E-state index contributed by atoms with van der Waals surface area (Å²) in [5, 5.41) is 7.36. The third kappa shape index (κ3) is 5.37. The molecule has 12 heteroatoms. The molecule has 0 saturated heterocycles. The molecule has 0 aliphatic carbocycles. The Morgan fingerprint density at radius 2 is 1.94 bits per heavy atom. The van der Waals surface area contributed by atoms with Crippen molar-refractivity contribution in [2.45, 2.75) is 29.4 Å². The van der Waals surface area contributed by atoms with E-state index in [2.05, 4.69) is 15.4 Å². The van der Waals surface area contributed by atoms with Crippen LogP contribution in [0.1, 0.15) is 22.3 Å². The zero-order valence-electron chi connectivity index (χ0n) is 18.2. The third-order valence-electron chi connectivity index (χ3n) is 5.09. The van der Waals surface area contributed by atoms with Crippen LogP contribution in [-0.4, -0.2) is 33.2 Å².